The lowest BCUT2D eigenvalue weighted by Crippen LogP contribution is -2.24. The Labute approximate surface area is 124 Å². The van der Waals surface area contributed by atoms with Crippen molar-refractivity contribution in [2.75, 3.05) is 11.0 Å². The highest BCUT2D eigenvalue weighted by atomic mass is 32.2. The zero-order valence-corrected chi connectivity index (χ0v) is 12.4. The van der Waals surface area contributed by atoms with Crippen molar-refractivity contribution in [2.45, 2.75) is 6.54 Å². The number of carbonyl (C=O) groups is 1. The molecule has 0 saturated heterocycles. The van der Waals surface area contributed by atoms with Crippen LogP contribution in [0.1, 0.15) is 15.9 Å². The van der Waals surface area contributed by atoms with E-state index in [-0.39, 0.29) is 11.6 Å². The number of hydrogen-bond donors (Lipinski definition) is 2. The zero-order chi connectivity index (χ0) is 15.3. The van der Waals surface area contributed by atoms with E-state index in [9.17, 15) is 13.2 Å². The smallest absolute Gasteiger partial charge is 0.253 e. The van der Waals surface area contributed by atoms with Gasteiger partial charge >= 0.3 is 0 Å². The van der Waals surface area contributed by atoms with Gasteiger partial charge in [0.1, 0.15) is 0 Å². The molecule has 0 spiro atoms. The van der Waals surface area contributed by atoms with Crippen LogP contribution in [-0.2, 0) is 16.6 Å². The van der Waals surface area contributed by atoms with Crippen LogP contribution in [0.2, 0.25) is 0 Å². The number of para-hydroxylation sites is 1. The summed E-state index contributed by atoms with van der Waals surface area (Å²) in [4.78, 5) is 12.2. The molecule has 0 unspecified atom stereocenters. The molecule has 21 heavy (non-hydrogen) atoms. The normalized spacial score (nSPS) is 10.9. The van der Waals surface area contributed by atoms with Crippen molar-refractivity contribution in [2.24, 2.45) is 0 Å². The van der Waals surface area contributed by atoms with Gasteiger partial charge in [0.15, 0.2) is 0 Å². The van der Waals surface area contributed by atoms with Gasteiger partial charge in [0.2, 0.25) is 10.0 Å². The van der Waals surface area contributed by atoms with Crippen molar-refractivity contribution in [3.63, 3.8) is 0 Å². The summed E-state index contributed by atoms with van der Waals surface area (Å²) in [5.41, 5.74) is 1.53. The number of benzene rings is 2. The van der Waals surface area contributed by atoms with Crippen LogP contribution in [0.4, 0.5) is 5.69 Å². The van der Waals surface area contributed by atoms with Gasteiger partial charge in [-0.3, -0.25) is 9.52 Å². The molecule has 0 aliphatic heterocycles. The molecule has 0 saturated carbocycles. The molecule has 0 radical (unpaired) electrons. The second-order valence-electron chi connectivity index (χ2n) is 4.59. The van der Waals surface area contributed by atoms with Gasteiger partial charge < -0.3 is 5.32 Å². The lowest BCUT2D eigenvalue weighted by molar-refractivity contribution is 0.0952. The molecule has 110 valence electrons. The molecule has 2 aromatic rings. The third kappa shape index (κ3) is 4.61. The highest BCUT2D eigenvalue weighted by Crippen LogP contribution is 2.16. The summed E-state index contributed by atoms with van der Waals surface area (Å²) in [5, 5.41) is 2.77. The monoisotopic (exact) mass is 304 g/mol. The number of hydrogen-bond acceptors (Lipinski definition) is 3. The van der Waals surface area contributed by atoms with E-state index < -0.39 is 10.0 Å². The van der Waals surface area contributed by atoms with Gasteiger partial charge in [-0.15, -0.1) is 0 Å². The fourth-order valence-electron chi connectivity index (χ4n) is 1.84. The lowest BCUT2D eigenvalue weighted by atomic mass is 10.1. The minimum atomic E-state index is -3.43. The lowest BCUT2D eigenvalue weighted by Gasteiger charge is -2.11. The molecule has 2 rings (SSSR count). The largest absolute Gasteiger partial charge is 0.348 e. The van der Waals surface area contributed by atoms with Crippen molar-refractivity contribution in [1.29, 1.82) is 0 Å². The van der Waals surface area contributed by atoms with Crippen molar-refractivity contribution in [3.05, 3.63) is 65.7 Å². The number of sulfonamides is 1. The summed E-state index contributed by atoms with van der Waals surface area (Å²) >= 11 is 0. The Hall–Kier alpha value is -2.34. The molecule has 6 heteroatoms. The molecule has 0 aliphatic carbocycles. The van der Waals surface area contributed by atoms with E-state index in [2.05, 4.69) is 10.0 Å². The first-order valence-electron chi connectivity index (χ1n) is 6.34. The molecular weight excluding hydrogens is 288 g/mol. The van der Waals surface area contributed by atoms with E-state index in [1.54, 1.807) is 24.3 Å². The molecule has 0 aliphatic rings. The average molecular weight is 304 g/mol. The Morgan fingerprint density at radius 1 is 1.00 bits per heavy atom. The van der Waals surface area contributed by atoms with Crippen LogP contribution >= 0.6 is 0 Å². The Morgan fingerprint density at radius 2 is 1.62 bits per heavy atom. The number of rotatable bonds is 5. The number of anilines is 1. The molecule has 0 heterocycles. The van der Waals surface area contributed by atoms with Crippen LogP contribution in [0.5, 0.6) is 0 Å². The third-order valence-electron chi connectivity index (χ3n) is 2.76. The molecular formula is C15H16N2O3S. The Balaban J connectivity index is 2.12. The molecule has 2 aromatic carbocycles. The van der Waals surface area contributed by atoms with Crippen LogP contribution in [0, 0.1) is 0 Å². The van der Waals surface area contributed by atoms with Gasteiger partial charge in [0, 0.05) is 6.54 Å². The van der Waals surface area contributed by atoms with E-state index in [0.717, 1.165) is 11.8 Å². The molecule has 0 atom stereocenters. The predicted octanol–water partition coefficient (Wildman–Crippen LogP) is 1.99. The maximum atomic E-state index is 12.2. The number of carbonyl (C=O) groups excluding carboxylic acids is 1. The van der Waals surface area contributed by atoms with E-state index >= 15 is 0 Å². The summed E-state index contributed by atoms with van der Waals surface area (Å²) < 4.78 is 25.0. The quantitative estimate of drug-likeness (QED) is 0.887. The fraction of sp³-hybridized carbons (Fsp3) is 0.133. The minimum Gasteiger partial charge on any atom is -0.348 e. The first kappa shape index (κ1) is 15.1. The van der Waals surface area contributed by atoms with E-state index in [1.807, 2.05) is 30.3 Å². The first-order chi connectivity index (χ1) is 9.96. The van der Waals surface area contributed by atoms with E-state index in [0.29, 0.717) is 12.1 Å². The van der Waals surface area contributed by atoms with Crippen LogP contribution in [0.3, 0.4) is 0 Å². The van der Waals surface area contributed by atoms with Crippen LogP contribution in [-0.4, -0.2) is 20.6 Å². The second-order valence-corrected chi connectivity index (χ2v) is 6.34. The van der Waals surface area contributed by atoms with Crippen molar-refractivity contribution in [1.82, 2.24) is 5.32 Å². The summed E-state index contributed by atoms with van der Waals surface area (Å²) in [7, 11) is -3.43. The summed E-state index contributed by atoms with van der Waals surface area (Å²) in [6.07, 6.45) is 1.05. The number of amides is 1. The molecule has 5 nitrogen and oxygen atoms in total. The van der Waals surface area contributed by atoms with Crippen molar-refractivity contribution in [3.8, 4) is 0 Å². The van der Waals surface area contributed by atoms with E-state index in [4.69, 9.17) is 0 Å². The second kappa shape index (κ2) is 6.41. The topological polar surface area (TPSA) is 75.3 Å². The Kier molecular flexibility index (Phi) is 4.59. The molecule has 0 aromatic heterocycles. The molecule has 0 fully saturated rings. The molecule has 1 amide bonds. The Morgan fingerprint density at radius 3 is 2.29 bits per heavy atom. The summed E-state index contributed by atoms with van der Waals surface area (Å²) in [6, 6.07) is 16.0. The minimum absolute atomic E-state index is 0.269. The third-order valence-corrected chi connectivity index (χ3v) is 3.35. The van der Waals surface area contributed by atoms with Gasteiger partial charge in [0.25, 0.3) is 5.91 Å². The molecule has 2 N–H and O–H groups in total. The zero-order valence-electron chi connectivity index (χ0n) is 11.5. The maximum Gasteiger partial charge on any atom is 0.253 e. The highest BCUT2D eigenvalue weighted by Gasteiger charge is 2.13. The van der Waals surface area contributed by atoms with E-state index in [1.165, 1.54) is 0 Å². The predicted molar refractivity (Wildman–Crippen MR) is 82.5 cm³/mol. The van der Waals surface area contributed by atoms with Crippen LogP contribution in [0.25, 0.3) is 0 Å². The average Bonchev–Trinajstić information content (AvgIpc) is 2.45. The first-order valence-corrected chi connectivity index (χ1v) is 8.24. The summed E-state index contributed by atoms with van der Waals surface area (Å²) in [5.74, 6) is -0.328. The SMILES string of the molecule is CS(=O)(=O)Nc1ccccc1C(=O)NCc1ccccc1. The molecule has 0 bridgehead atoms. The van der Waals surface area contributed by atoms with Crippen molar-refractivity contribution >= 4 is 21.6 Å². The van der Waals surface area contributed by atoms with Crippen LogP contribution < -0.4 is 10.0 Å². The number of nitrogens with one attached hydrogen (secondary N) is 2. The van der Waals surface area contributed by atoms with Gasteiger partial charge in [-0.2, -0.15) is 0 Å². The van der Waals surface area contributed by atoms with Gasteiger partial charge in [-0.25, -0.2) is 8.42 Å². The Bertz CT molecular complexity index is 728. The van der Waals surface area contributed by atoms with Crippen LogP contribution in [0.15, 0.2) is 54.6 Å². The summed E-state index contributed by atoms with van der Waals surface area (Å²) in [6.45, 7) is 0.382. The van der Waals surface area contributed by atoms with Gasteiger partial charge in [0.05, 0.1) is 17.5 Å². The highest BCUT2D eigenvalue weighted by molar-refractivity contribution is 7.92. The standard InChI is InChI=1S/C15H16N2O3S/c1-21(19,20)17-14-10-6-5-9-13(14)15(18)16-11-12-7-3-2-4-8-12/h2-10,17H,11H2,1H3,(H,16,18). The maximum absolute atomic E-state index is 12.2. The van der Waals surface area contributed by atoms with Crippen molar-refractivity contribution < 1.29 is 13.2 Å². The fourth-order valence-corrected chi connectivity index (χ4v) is 2.42. The van der Waals surface area contributed by atoms with Gasteiger partial charge in [-0.05, 0) is 17.7 Å². The van der Waals surface area contributed by atoms with Gasteiger partial charge in [-0.1, -0.05) is 42.5 Å².